The van der Waals surface area contributed by atoms with Crippen LogP contribution in [-0.4, -0.2) is 44.3 Å². The molecule has 2 aromatic carbocycles. The zero-order valence-corrected chi connectivity index (χ0v) is 19.3. The van der Waals surface area contributed by atoms with Gasteiger partial charge in [-0.2, -0.15) is 26.3 Å². The number of alkyl halides is 6. The minimum Gasteiger partial charge on any atom is -0.376 e. The van der Waals surface area contributed by atoms with Gasteiger partial charge in [0.25, 0.3) is 5.91 Å². The van der Waals surface area contributed by atoms with Gasteiger partial charge in [-0.25, -0.2) is 9.40 Å². The van der Waals surface area contributed by atoms with E-state index >= 15 is 0 Å². The van der Waals surface area contributed by atoms with E-state index in [4.69, 9.17) is 9.47 Å². The molecule has 12 heteroatoms. The third kappa shape index (κ3) is 7.17. The zero-order chi connectivity index (χ0) is 26.6. The van der Waals surface area contributed by atoms with Crippen molar-refractivity contribution in [2.24, 2.45) is 0 Å². The predicted octanol–water partition coefficient (Wildman–Crippen LogP) is 5.09. The second-order valence-electron chi connectivity index (χ2n) is 8.65. The monoisotopic (exact) mass is 522 g/mol. The van der Waals surface area contributed by atoms with E-state index in [0.717, 1.165) is 0 Å². The Kier molecular flexibility index (Phi) is 8.63. The highest BCUT2D eigenvalue weighted by Crippen LogP contribution is 2.38. The highest BCUT2D eigenvalue weighted by Gasteiger charge is 2.39. The van der Waals surface area contributed by atoms with Crippen molar-refractivity contribution in [2.75, 3.05) is 33.4 Å². The molecule has 0 aromatic heterocycles. The highest BCUT2D eigenvalue weighted by molar-refractivity contribution is 5.76. The first-order chi connectivity index (χ1) is 16.8. The van der Waals surface area contributed by atoms with Gasteiger partial charge < -0.3 is 9.47 Å². The molecular formula is C24H25F7N2O3. The van der Waals surface area contributed by atoms with Crippen LogP contribution in [0.15, 0.2) is 42.5 Å². The lowest BCUT2D eigenvalue weighted by atomic mass is 9.73. The number of hydrogen-bond donors (Lipinski definition) is 1. The first-order valence-corrected chi connectivity index (χ1v) is 11.0. The standard InChI is InChI=1S/C24H25F7N2O3/c1-35-14-21(34)32-33-8-6-22(7-9-33,17-2-4-20(25)5-3-17)15-36-13-16-10-18(23(26,27)28)12-19(11-16)24(29,30)31/h2-5,10-12H,6-9,13-15H2,1H3,(H,32,34). The summed E-state index contributed by atoms with van der Waals surface area (Å²) in [7, 11) is 1.38. The van der Waals surface area contributed by atoms with Gasteiger partial charge in [0.05, 0.1) is 24.3 Å². The Hall–Kier alpha value is -2.70. The molecule has 2 aromatic rings. The number of hydrazine groups is 1. The first kappa shape index (κ1) is 27.9. The fourth-order valence-electron chi connectivity index (χ4n) is 4.17. The van der Waals surface area contributed by atoms with Crippen LogP contribution in [0, 0.1) is 5.82 Å². The second-order valence-corrected chi connectivity index (χ2v) is 8.65. The Morgan fingerprint density at radius 1 is 0.972 bits per heavy atom. The SMILES string of the molecule is COCC(=O)NN1CCC(COCc2cc(C(F)(F)F)cc(C(F)(F)F)c2)(c2ccc(F)cc2)CC1. The smallest absolute Gasteiger partial charge is 0.376 e. The Morgan fingerprint density at radius 2 is 1.53 bits per heavy atom. The molecule has 3 rings (SSSR count). The zero-order valence-electron chi connectivity index (χ0n) is 19.3. The average molecular weight is 522 g/mol. The topological polar surface area (TPSA) is 50.8 Å². The number of benzene rings is 2. The molecule has 0 spiro atoms. The number of ether oxygens (including phenoxy) is 2. The van der Waals surface area contributed by atoms with Crippen molar-refractivity contribution >= 4 is 5.91 Å². The lowest BCUT2D eigenvalue weighted by molar-refractivity contribution is -0.143. The molecule has 1 N–H and O–H groups in total. The van der Waals surface area contributed by atoms with E-state index < -0.39 is 41.3 Å². The van der Waals surface area contributed by atoms with E-state index in [-0.39, 0.29) is 30.8 Å². The van der Waals surface area contributed by atoms with Crippen LogP contribution in [0.5, 0.6) is 0 Å². The molecule has 0 bridgehead atoms. The number of amides is 1. The van der Waals surface area contributed by atoms with Gasteiger partial charge in [-0.3, -0.25) is 10.2 Å². The Morgan fingerprint density at radius 3 is 2.03 bits per heavy atom. The fraction of sp³-hybridized carbons (Fsp3) is 0.458. The number of nitrogens with zero attached hydrogens (tertiary/aromatic N) is 1. The lowest BCUT2D eigenvalue weighted by Gasteiger charge is -2.42. The third-order valence-corrected chi connectivity index (χ3v) is 6.03. The maximum atomic E-state index is 13.5. The summed E-state index contributed by atoms with van der Waals surface area (Å²) in [5.74, 6) is -0.796. The molecule has 0 atom stereocenters. The molecule has 1 aliphatic heterocycles. The van der Waals surface area contributed by atoms with E-state index in [9.17, 15) is 35.5 Å². The fourth-order valence-corrected chi connectivity index (χ4v) is 4.17. The Balaban J connectivity index is 1.77. The quantitative estimate of drug-likeness (QED) is 0.491. The van der Waals surface area contributed by atoms with E-state index in [0.29, 0.717) is 43.6 Å². The molecule has 0 saturated carbocycles. The van der Waals surface area contributed by atoms with Crippen molar-refractivity contribution < 1.29 is 45.0 Å². The first-order valence-electron chi connectivity index (χ1n) is 11.0. The van der Waals surface area contributed by atoms with Crippen LogP contribution in [-0.2, 0) is 38.6 Å². The number of carbonyl (C=O) groups is 1. The average Bonchev–Trinajstić information content (AvgIpc) is 2.80. The van der Waals surface area contributed by atoms with E-state index in [1.165, 1.54) is 19.2 Å². The van der Waals surface area contributed by atoms with Gasteiger partial charge in [-0.1, -0.05) is 12.1 Å². The van der Waals surface area contributed by atoms with Crippen LogP contribution in [0.1, 0.15) is 35.1 Å². The molecule has 5 nitrogen and oxygen atoms in total. The maximum Gasteiger partial charge on any atom is 0.416 e. The van der Waals surface area contributed by atoms with Gasteiger partial charge in [0.1, 0.15) is 12.4 Å². The molecular weight excluding hydrogens is 497 g/mol. The summed E-state index contributed by atoms with van der Waals surface area (Å²) < 4.78 is 103. The summed E-state index contributed by atoms with van der Waals surface area (Å²) in [5.41, 5.74) is -0.372. The minimum absolute atomic E-state index is 0.0317. The Bertz CT molecular complexity index is 999. The number of hydrogen-bond acceptors (Lipinski definition) is 4. The van der Waals surface area contributed by atoms with Gasteiger partial charge in [-0.05, 0) is 54.3 Å². The van der Waals surface area contributed by atoms with Gasteiger partial charge in [0.15, 0.2) is 0 Å². The van der Waals surface area contributed by atoms with E-state index in [1.54, 1.807) is 17.1 Å². The van der Waals surface area contributed by atoms with Crippen molar-refractivity contribution in [3.8, 4) is 0 Å². The summed E-state index contributed by atoms with van der Waals surface area (Å²) in [5, 5.41) is 1.69. The predicted molar refractivity (Wildman–Crippen MR) is 115 cm³/mol. The molecule has 0 radical (unpaired) electrons. The number of rotatable bonds is 8. The number of halogens is 7. The summed E-state index contributed by atoms with van der Waals surface area (Å²) in [6.45, 7) is 0.135. The normalized spacial score (nSPS) is 16.7. The van der Waals surface area contributed by atoms with Crippen LogP contribution in [0.25, 0.3) is 0 Å². The highest BCUT2D eigenvalue weighted by atomic mass is 19.4. The molecule has 1 aliphatic rings. The summed E-state index contributed by atoms with van der Waals surface area (Å²) >= 11 is 0. The van der Waals surface area contributed by atoms with Gasteiger partial charge in [0, 0.05) is 25.6 Å². The van der Waals surface area contributed by atoms with Crippen LogP contribution in [0.4, 0.5) is 30.7 Å². The molecule has 1 amide bonds. The number of nitrogens with one attached hydrogen (secondary N) is 1. The number of methoxy groups -OCH3 is 1. The second kappa shape index (κ2) is 11.1. The van der Waals surface area contributed by atoms with Crippen molar-refractivity contribution in [3.63, 3.8) is 0 Å². The summed E-state index contributed by atoms with van der Waals surface area (Å²) in [4.78, 5) is 11.8. The van der Waals surface area contributed by atoms with Crippen molar-refractivity contribution in [1.29, 1.82) is 0 Å². The van der Waals surface area contributed by atoms with Crippen LogP contribution in [0.3, 0.4) is 0 Å². The summed E-state index contributed by atoms with van der Waals surface area (Å²) in [6.07, 6.45) is -9.04. The van der Waals surface area contributed by atoms with Crippen LogP contribution < -0.4 is 5.43 Å². The third-order valence-electron chi connectivity index (χ3n) is 6.03. The van der Waals surface area contributed by atoms with Gasteiger partial charge in [-0.15, -0.1) is 0 Å². The molecule has 1 saturated heterocycles. The van der Waals surface area contributed by atoms with Crippen LogP contribution >= 0.6 is 0 Å². The minimum atomic E-state index is -4.95. The maximum absolute atomic E-state index is 13.5. The Labute approximate surface area is 203 Å². The molecule has 198 valence electrons. The van der Waals surface area contributed by atoms with Gasteiger partial charge >= 0.3 is 12.4 Å². The largest absolute Gasteiger partial charge is 0.416 e. The van der Waals surface area contributed by atoms with E-state index in [1.807, 2.05) is 0 Å². The molecule has 0 aliphatic carbocycles. The van der Waals surface area contributed by atoms with E-state index in [2.05, 4.69) is 5.43 Å². The van der Waals surface area contributed by atoms with Gasteiger partial charge in [0.2, 0.25) is 0 Å². The molecule has 0 unspecified atom stereocenters. The van der Waals surface area contributed by atoms with Crippen molar-refractivity contribution in [2.45, 2.75) is 37.2 Å². The summed E-state index contributed by atoms with van der Waals surface area (Å²) in [6, 6.07) is 7.02. The molecule has 1 heterocycles. The number of carbonyl (C=O) groups excluding carboxylic acids is 1. The lowest BCUT2D eigenvalue weighted by Crippen LogP contribution is -2.52. The van der Waals surface area contributed by atoms with Crippen molar-refractivity contribution in [3.05, 3.63) is 70.5 Å². The van der Waals surface area contributed by atoms with Crippen molar-refractivity contribution in [1.82, 2.24) is 10.4 Å². The van der Waals surface area contributed by atoms with Crippen LogP contribution in [0.2, 0.25) is 0 Å². The number of piperidine rings is 1. The molecule has 36 heavy (non-hydrogen) atoms. The molecule has 1 fully saturated rings.